The highest BCUT2D eigenvalue weighted by molar-refractivity contribution is 5.87. The summed E-state index contributed by atoms with van der Waals surface area (Å²) in [6.45, 7) is 4.21. The van der Waals surface area contributed by atoms with E-state index in [1.54, 1.807) is 0 Å². The predicted octanol–water partition coefficient (Wildman–Crippen LogP) is 2.20. The van der Waals surface area contributed by atoms with Crippen molar-refractivity contribution in [2.45, 2.75) is 45.1 Å². The first kappa shape index (κ1) is 15.4. The molecule has 1 aromatic carbocycles. The van der Waals surface area contributed by atoms with E-state index >= 15 is 0 Å². The minimum atomic E-state index is -1.05. The minimum absolute atomic E-state index is 0.155. The lowest BCUT2D eigenvalue weighted by Gasteiger charge is -2.38. The molecule has 0 unspecified atom stereocenters. The SMILES string of the molecule is Cc1cccc(OCCC(=O)NC2(C(=O)O)CCC2)c1C. The highest BCUT2D eigenvalue weighted by atomic mass is 16.5. The van der Waals surface area contributed by atoms with Crippen molar-refractivity contribution in [3.63, 3.8) is 0 Å². The number of carbonyl (C=O) groups excluding carboxylic acids is 1. The van der Waals surface area contributed by atoms with Crippen LogP contribution >= 0.6 is 0 Å². The molecule has 0 saturated heterocycles. The number of aliphatic carboxylic acids is 1. The molecule has 114 valence electrons. The van der Waals surface area contributed by atoms with E-state index < -0.39 is 11.5 Å². The van der Waals surface area contributed by atoms with Crippen LogP contribution in [0.25, 0.3) is 0 Å². The second-order valence-electron chi connectivity index (χ2n) is 5.59. The van der Waals surface area contributed by atoms with E-state index in [-0.39, 0.29) is 18.9 Å². The topological polar surface area (TPSA) is 75.6 Å². The van der Waals surface area contributed by atoms with Crippen LogP contribution in [0, 0.1) is 13.8 Å². The molecule has 1 fully saturated rings. The van der Waals surface area contributed by atoms with Crippen molar-refractivity contribution in [2.24, 2.45) is 0 Å². The zero-order chi connectivity index (χ0) is 15.5. The summed E-state index contributed by atoms with van der Waals surface area (Å²) in [6.07, 6.45) is 2.01. The number of hydrogen-bond donors (Lipinski definition) is 2. The fraction of sp³-hybridized carbons (Fsp3) is 0.500. The first-order chi connectivity index (χ1) is 9.94. The van der Waals surface area contributed by atoms with Crippen LogP contribution in [0.4, 0.5) is 0 Å². The number of carboxylic acid groups (broad SMARTS) is 1. The summed E-state index contributed by atoms with van der Waals surface area (Å²) in [5, 5.41) is 11.8. The Labute approximate surface area is 124 Å². The van der Waals surface area contributed by atoms with Crippen molar-refractivity contribution in [1.29, 1.82) is 0 Å². The number of nitrogens with one attached hydrogen (secondary N) is 1. The van der Waals surface area contributed by atoms with Crippen molar-refractivity contribution in [3.05, 3.63) is 29.3 Å². The molecule has 5 heteroatoms. The zero-order valence-electron chi connectivity index (χ0n) is 12.4. The van der Waals surface area contributed by atoms with E-state index in [9.17, 15) is 9.59 Å². The van der Waals surface area contributed by atoms with Crippen molar-refractivity contribution in [2.75, 3.05) is 6.61 Å². The highest BCUT2D eigenvalue weighted by Gasteiger charge is 2.45. The predicted molar refractivity (Wildman–Crippen MR) is 78.4 cm³/mol. The van der Waals surface area contributed by atoms with E-state index in [1.165, 1.54) is 0 Å². The maximum Gasteiger partial charge on any atom is 0.329 e. The average Bonchev–Trinajstić information content (AvgIpc) is 2.38. The van der Waals surface area contributed by atoms with Gasteiger partial charge in [-0.25, -0.2) is 4.79 Å². The summed E-state index contributed by atoms with van der Waals surface area (Å²) in [4.78, 5) is 23.0. The monoisotopic (exact) mass is 291 g/mol. The fourth-order valence-corrected chi connectivity index (χ4v) is 2.39. The second-order valence-corrected chi connectivity index (χ2v) is 5.59. The number of ether oxygens (including phenoxy) is 1. The Morgan fingerprint density at radius 2 is 2.05 bits per heavy atom. The maximum atomic E-state index is 11.8. The van der Waals surface area contributed by atoms with E-state index in [0.29, 0.717) is 12.8 Å². The fourth-order valence-electron chi connectivity index (χ4n) is 2.39. The van der Waals surface area contributed by atoms with Crippen molar-refractivity contribution >= 4 is 11.9 Å². The maximum absolute atomic E-state index is 11.8. The minimum Gasteiger partial charge on any atom is -0.493 e. The largest absolute Gasteiger partial charge is 0.493 e. The Balaban J connectivity index is 1.82. The molecular formula is C16H21NO4. The lowest BCUT2D eigenvalue weighted by atomic mass is 9.76. The normalized spacial score (nSPS) is 15.9. The number of amides is 1. The van der Waals surface area contributed by atoms with E-state index in [1.807, 2.05) is 32.0 Å². The van der Waals surface area contributed by atoms with Gasteiger partial charge in [0.15, 0.2) is 0 Å². The van der Waals surface area contributed by atoms with Crippen LogP contribution in [0.15, 0.2) is 18.2 Å². The van der Waals surface area contributed by atoms with Gasteiger partial charge in [-0.15, -0.1) is 0 Å². The highest BCUT2D eigenvalue weighted by Crippen LogP contribution is 2.32. The van der Waals surface area contributed by atoms with Gasteiger partial charge in [0, 0.05) is 0 Å². The van der Waals surface area contributed by atoms with Gasteiger partial charge >= 0.3 is 5.97 Å². The Bertz CT molecular complexity index is 549. The van der Waals surface area contributed by atoms with Crippen molar-refractivity contribution < 1.29 is 19.4 Å². The Kier molecular flexibility index (Phi) is 4.50. The number of benzene rings is 1. The summed E-state index contributed by atoms with van der Waals surface area (Å²) in [6, 6.07) is 5.78. The molecule has 21 heavy (non-hydrogen) atoms. The molecule has 5 nitrogen and oxygen atoms in total. The smallest absolute Gasteiger partial charge is 0.329 e. The van der Waals surface area contributed by atoms with Gasteiger partial charge in [0.05, 0.1) is 13.0 Å². The quantitative estimate of drug-likeness (QED) is 0.842. The van der Waals surface area contributed by atoms with E-state index in [2.05, 4.69) is 5.32 Å². The number of carboxylic acids is 1. The van der Waals surface area contributed by atoms with Gasteiger partial charge in [-0.05, 0) is 50.3 Å². The molecule has 1 aliphatic rings. The van der Waals surface area contributed by atoms with Crippen molar-refractivity contribution in [1.82, 2.24) is 5.32 Å². The standard InChI is InChI=1S/C16H21NO4/c1-11-5-3-6-13(12(11)2)21-10-7-14(18)17-16(15(19)20)8-4-9-16/h3,5-6H,4,7-10H2,1-2H3,(H,17,18)(H,19,20). The molecule has 2 rings (SSSR count). The molecule has 0 aromatic heterocycles. The van der Waals surface area contributed by atoms with Gasteiger partial charge in [-0.3, -0.25) is 4.79 Å². The van der Waals surface area contributed by atoms with Gasteiger partial charge in [0.1, 0.15) is 11.3 Å². The Hall–Kier alpha value is -2.04. The van der Waals surface area contributed by atoms with Crippen LogP contribution < -0.4 is 10.1 Å². The van der Waals surface area contributed by atoms with Crippen LogP contribution in [0.1, 0.15) is 36.8 Å². The number of hydrogen-bond acceptors (Lipinski definition) is 3. The first-order valence-corrected chi connectivity index (χ1v) is 7.18. The third-order valence-electron chi connectivity index (χ3n) is 4.14. The molecule has 0 aliphatic heterocycles. The molecule has 0 radical (unpaired) electrons. The third-order valence-corrected chi connectivity index (χ3v) is 4.14. The average molecular weight is 291 g/mol. The summed E-state index contributed by atoms with van der Waals surface area (Å²) < 4.78 is 5.61. The van der Waals surface area contributed by atoms with E-state index in [4.69, 9.17) is 9.84 Å². The Morgan fingerprint density at radius 1 is 1.33 bits per heavy atom. The van der Waals surface area contributed by atoms with Gasteiger partial charge in [0.2, 0.25) is 5.91 Å². The molecule has 1 aromatic rings. The molecule has 1 aliphatic carbocycles. The van der Waals surface area contributed by atoms with Crippen LogP contribution in [-0.2, 0) is 9.59 Å². The van der Waals surface area contributed by atoms with Crippen LogP contribution in [0.5, 0.6) is 5.75 Å². The van der Waals surface area contributed by atoms with Crippen LogP contribution in [0.3, 0.4) is 0 Å². The lowest BCUT2D eigenvalue weighted by molar-refractivity contribution is -0.151. The Morgan fingerprint density at radius 3 is 2.62 bits per heavy atom. The summed E-state index contributed by atoms with van der Waals surface area (Å²) >= 11 is 0. The van der Waals surface area contributed by atoms with Crippen LogP contribution in [0.2, 0.25) is 0 Å². The number of carbonyl (C=O) groups is 2. The summed E-state index contributed by atoms with van der Waals surface area (Å²) in [5.41, 5.74) is 1.14. The summed E-state index contributed by atoms with van der Waals surface area (Å²) in [5.74, 6) is -0.459. The van der Waals surface area contributed by atoms with Crippen LogP contribution in [-0.4, -0.2) is 29.1 Å². The first-order valence-electron chi connectivity index (χ1n) is 7.18. The number of aryl methyl sites for hydroxylation is 1. The zero-order valence-corrected chi connectivity index (χ0v) is 12.4. The molecule has 0 spiro atoms. The summed E-state index contributed by atoms with van der Waals surface area (Å²) in [7, 11) is 0. The van der Waals surface area contributed by atoms with Gasteiger partial charge in [0.25, 0.3) is 0 Å². The molecule has 1 saturated carbocycles. The van der Waals surface area contributed by atoms with Gasteiger partial charge in [-0.2, -0.15) is 0 Å². The molecular weight excluding hydrogens is 270 g/mol. The van der Waals surface area contributed by atoms with Gasteiger partial charge in [-0.1, -0.05) is 12.1 Å². The molecule has 0 atom stereocenters. The van der Waals surface area contributed by atoms with E-state index in [0.717, 1.165) is 23.3 Å². The molecule has 2 N–H and O–H groups in total. The van der Waals surface area contributed by atoms with Crippen molar-refractivity contribution in [3.8, 4) is 5.75 Å². The molecule has 0 heterocycles. The number of rotatable bonds is 6. The molecule has 0 bridgehead atoms. The lowest BCUT2D eigenvalue weighted by Crippen LogP contribution is -2.59. The molecule has 1 amide bonds. The van der Waals surface area contributed by atoms with Gasteiger partial charge < -0.3 is 15.2 Å². The third kappa shape index (κ3) is 3.35. The second kappa shape index (κ2) is 6.16.